The molecule has 1 radical (unpaired) electrons. The first-order valence-electron chi connectivity index (χ1n) is 9.49. The van der Waals surface area contributed by atoms with Crippen molar-refractivity contribution in [2.24, 2.45) is 0 Å². The van der Waals surface area contributed by atoms with Gasteiger partial charge in [-0.15, -0.1) is 0 Å². The minimum Gasteiger partial charge on any atom is -0.405 e. The van der Waals surface area contributed by atoms with Crippen LogP contribution in [0.2, 0.25) is 0 Å². The summed E-state index contributed by atoms with van der Waals surface area (Å²) in [6, 6.07) is 0. The van der Waals surface area contributed by atoms with Gasteiger partial charge in [-0.3, -0.25) is 0 Å². The van der Waals surface area contributed by atoms with Crippen molar-refractivity contribution < 1.29 is 26.4 Å². The summed E-state index contributed by atoms with van der Waals surface area (Å²) in [5.74, 6) is 0. The van der Waals surface area contributed by atoms with Gasteiger partial charge in [0, 0.05) is 17.1 Å². The molecule has 155 valence electrons. The fraction of sp³-hybridized carbons (Fsp3) is 0.947. The maximum atomic E-state index is 5.21. The summed E-state index contributed by atoms with van der Waals surface area (Å²) in [5, 5.41) is 0. The van der Waals surface area contributed by atoms with Crippen LogP contribution in [0.1, 0.15) is 69.2 Å². The van der Waals surface area contributed by atoms with Gasteiger partial charge in [-0.1, -0.05) is 0 Å². The van der Waals surface area contributed by atoms with Crippen LogP contribution in [0.4, 0.5) is 0 Å². The molecule has 1 aliphatic rings. The molecule has 1 fully saturated rings. The number of hydrogen-bond acceptors (Lipinski definition) is 2. The normalized spacial score (nSPS) is 16.5. The van der Waals surface area contributed by atoms with Gasteiger partial charge >= 0.3 is 7.69 Å². The summed E-state index contributed by atoms with van der Waals surface area (Å²) in [6.45, 7) is 21.9. The predicted octanol–water partition coefficient (Wildman–Crippen LogP) is 6.09. The van der Waals surface area contributed by atoms with Crippen LogP contribution < -0.4 is 0 Å². The van der Waals surface area contributed by atoms with Gasteiger partial charge in [-0.05, 0) is 85.1 Å². The van der Waals surface area contributed by atoms with Gasteiger partial charge < -0.3 is 16.7 Å². The molecular weight excluding hydrogens is 389 g/mol. The average Bonchev–Trinajstić information content (AvgIpc) is 2.76. The minimum atomic E-state index is -0.188. The predicted molar refractivity (Wildman–Crippen MR) is 122 cm³/mol. The van der Waals surface area contributed by atoms with Crippen LogP contribution in [-0.4, -0.2) is 55.9 Å². The van der Waals surface area contributed by atoms with Crippen molar-refractivity contribution in [3.8, 4) is 0 Å². The molecule has 1 saturated heterocycles. The Hall–Kier alpha value is 1.36. The van der Waals surface area contributed by atoms with Gasteiger partial charge in [0.1, 0.15) is 0 Å². The first-order chi connectivity index (χ1) is 10.6. The molecule has 0 aromatic heterocycles. The van der Waals surface area contributed by atoms with Crippen molar-refractivity contribution in [3.05, 3.63) is 7.43 Å². The molecule has 0 atom stereocenters. The molecule has 0 aromatic carbocycles. The van der Waals surface area contributed by atoms with Crippen molar-refractivity contribution in [2.75, 3.05) is 37.0 Å². The van der Waals surface area contributed by atoms with E-state index in [4.69, 9.17) is 9.31 Å². The molecule has 0 amide bonds. The Bertz CT molecular complexity index is 235. The van der Waals surface area contributed by atoms with Gasteiger partial charge in [0.2, 0.25) is 0 Å². The van der Waals surface area contributed by atoms with E-state index >= 15 is 0 Å². The van der Waals surface area contributed by atoms with Crippen LogP contribution in [0, 0.1) is 7.43 Å². The van der Waals surface area contributed by atoms with Crippen LogP contribution >= 0.6 is 15.8 Å². The fourth-order valence-corrected chi connectivity index (χ4v) is 5.05. The van der Waals surface area contributed by atoms with Gasteiger partial charge in [-0.2, -0.15) is 0 Å². The molecule has 0 unspecified atom stereocenters. The molecule has 0 N–H and O–H groups in total. The van der Waals surface area contributed by atoms with Crippen molar-refractivity contribution >= 4 is 23.5 Å². The molecule has 1 aliphatic heterocycles. The Kier molecular flexibility index (Phi) is 25.4. The molecule has 0 saturated carbocycles. The van der Waals surface area contributed by atoms with Crippen molar-refractivity contribution in [2.45, 2.75) is 80.4 Å². The van der Waals surface area contributed by atoms with Gasteiger partial charge in [0.25, 0.3) is 0 Å². The van der Waals surface area contributed by atoms with Crippen molar-refractivity contribution in [1.29, 1.82) is 0 Å². The van der Waals surface area contributed by atoms with Crippen LogP contribution in [0.3, 0.4) is 0 Å². The zero-order chi connectivity index (χ0) is 18.5. The third kappa shape index (κ3) is 15.0. The molecule has 0 aromatic rings. The molecule has 6 heteroatoms. The quantitative estimate of drug-likeness (QED) is 0.285. The Morgan fingerprint density at radius 2 is 0.800 bits per heavy atom. The SMILES string of the molecule is CC1(C)O[B]OC1(C)C.CC[PH+](CC)CC.CC[PH+](CC)CC.[CH3-].[Fe]. The van der Waals surface area contributed by atoms with Crippen molar-refractivity contribution in [1.82, 2.24) is 0 Å². The van der Waals surface area contributed by atoms with E-state index in [-0.39, 0.29) is 51.5 Å². The molecule has 0 aliphatic carbocycles. The standard InChI is InChI=1S/C6H12BO2.2C6H15P.CH3.Fe/c1-5(2)6(3,4)9-7-8-5;2*1-4-7(5-2)6-3;;/h1-4H3;2*4-6H2,1-3H3;1H3;/q;;;-1;/p+2. The maximum absolute atomic E-state index is 5.21. The van der Waals surface area contributed by atoms with Gasteiger partial charge in [0.15, 0.2) is 0 Å². The maximum Gasteiger partial charge on any atom is 0.488 e. The van der Waals surface area contributed by atoms with Crippen molar-refractivity contribution in [3.63, 3.8) is 0 Å². The van der Waals surface area contributed by atoms with E-state index < -0.39 is 0 Å². The second kappa shape index (κ2) is 18.7. The van der Waals surface area contributed by atoms with Crippen LogP contribution in [0.25, 0.3) is 0 Å². The molecule has 1 heterocycles. The zero-order valence-electron chi connectivity index (χ0n) is 19.0. The summed E-state index contributed by atoms with van der Waals surface area (Å²) in [4.78, 5) is 0. The monoisotopic (exact) mass is 436 g/mol. The van der Waals surface area contributed by atoms with Gasteiger partial charge in [-0.25, -0.2) is 0 Å². The fourth-order valence-electron chi connectivity index (χ4n) is 2.05. The molecule has 0 bridgehead atoms. The zero-order valence-corrected chi connectivity index (χ0v) is 22.1. The van der Waals surface area contributed by atoms with Crippen LogP contribution in [0.5, 0.6) is 0 Å². The average molecular weight is 436 g/mol. The molecule has 25 heavy (non-hydrogen) atoms. The topological polar surface area (TPSA) is 18.5 Å². The Morgan fingerprint density at radius 3 is 0.840 bits per heavy atom. The first kappa shape index (κ1) is 33.9. The largest absolute Gasteiger partial charge is 0.488 e. The Balaban J connectivity index is -0.000000129. The van der Waals surface area contributed by atoms with Gasteiger partial charge in [0.05, 0.1) is 48.2 Å². The van der Waals surface area contributed by atoms with E-state index in [0.717, 1.165) is 0 Å². The molecular formula is C19H47BFeO2P2+. The van der Waals surface area contributed by atoms with E-state index in [2.05, 4.69) is 41.5 Å². The van der Waals surface area contributed by atoms with E-state index in [9.17, 15) is 0 Å². The van der Waals surface area contributed by atoms with E-state index in [0.29, 0.717) is 0 Å². The second-order valence-corrected chi connectivity index (χ2v) is 14.2. The Labute approximate surface area is 174 Å². The summed E-state index contributed by atoms with van der Waals surface area (Å²) in [5.41, 5.74) is -0.375. The summed E-state index contributed by atoms with van der Waals surface area (Å²) < 4.78 is 10.4. The molecule has 1 rings (SSSR count). The minimum absolute atomic E-state index is 0. The third-order valence-electron chi connectivity index (χ3n) is 5.14. The third-order valence-corrected chi connectivity index (χ3v) is 11.1. The Morgan fingerprint density at radius 1 is 0.600 bits per heavy atom. The van der Waals surface area contributed by atoms with E-state index in [1.807, 2.05) is 27.7 Å². The van der Waals surface area contributed by atoms with Crippen LogP contribution in [0.15, 0.2) is 0 Å². The summed E-state index contributed by atoms with van der Waals surface area (Å²) >= 11 is 0. The van der Waals surface area contributed by atoms with Crippen LogP contribution in [-0.2, 0) is 26.4 Å². The summed E-state index contributed by atoms with van der Waals surface area (Å²) in [7, 11) is 1.69. The first-order valence-corrected chi connectivity index (χ1v) is 13.7. The smallest absolute Gasteiger partial charge is 0.405 e. The summed E-state index contributed by atoms with van der Waals surface area (Å²) in [6.07, 6.45) is 8.74. The molecule has 0 spiro atoms. The number of rotatable bonds is 6. The second-order valence-electron chi connectivity index (χ2n) is 6.97. The molecule has 2 nitrogen and oxygen atoms in total. The number of hydrogen-bond donors (Lipinski definition) is 0. The van der Waals surface area contributed by atoms with E-state index in [1.54, 1.807) is 0 Å². The van der Waals surface area contributed by atoms with E-state index in [1.165, 1.54) is 44.7 Å².